The highest BCUT2D eigenvalue weighted by atomic mass is 32.2. The molecule has 90 valence electrons. The van der Waals surface area contributed by atoms with Gasteiger partial charge in [-0.3, -0.25) is 0 Å². The van der Waals surface area contributed by atoms with Gasteiger partial charge in [0.05, 0.1) is 0 Å². The zero-order valence-electron chi connectivity index (χ0n) is 10.6. The molecular formula is C14H23NS. The smallest absolute Gasteiger partial charge is 0.0141 e. The summed E-state index contributed by atoms with van der Waals surface area (Å²) in [6.45, 7) is 5.65. The van der Waals surface area contributed by atoms with Gasteiger partial charge in [0.1, 0.15) is 0 Å². The minimum absolute atomic E-state index is 0.606. The normalized spacial score (nSPS) is 14.7. The number of thioether (sulfide) groups is 1. The van der Waals surface area contributed by atoms with E-state index in [9.17, 15) is 0 Å². The minimum atomic E-state index is 0.606. The van der Waals surface area contributed by atoms with E-state index in [2.05, 4.69) is 55.8 Å². The summed E-state index contributed by atoms with van der Waals surface area (Å²) in [5.74, 6) is 0. The molecule has 0 amide bonds. The molecule has 0 radical (unpaired) electrons. The number of hydrogen-bond donors (Lipinski definition) is 1. The van der Waals surface area contributed by atoms with Gasteiger partial charge in [-0.05, 0) is 31.6 Å². The van der Waals surface area contributed by atoms with E-state index in [0.29, 0.717) is 11.3 Å². The van der Waals surface area contributed by atoms with E-state index in [1.165, 1.54) is 18.4 Å². The third kappa shape index (κ3) is 5.57. The molecular weight excluding hydrogens is 214 g/mol. The van der Waals surface area contributed by atoms with Gasteiger partial charge in [0.25, 0.3) is 0 Å². The molecule has 0 heterocycles. The first-order chi connectivity index (χ1) is 7.72. The lowest BCUT2D eigenvalue weighted by molar-refractivity contribution is 0.517. The lowest BCUT2D eigenvalue weighted by Crippen LogP contribution is -2.31. The second kappa shape index (κ2) is 7.75. The predicted molar refractivity (Wildman–Crippen MR) is 75.2 cm³/mol. The highest BCUT2D eigenvalue weighted by Crippen LogP contribution is 2.06. The van der Waals surface area contributed by atoms with E-state index in [0.717, 1.165) is 6.54 Å². The third-order valence-corrected chi connectivity index (χ3v) is 3.84. The molecule has 1 aromatic rings. The van der Waals surface area contributed by atoms with E-state index in [1.54, 1.807) is 0 Å². The van der Waals surface area contributed by atoms with E-state index < -0.39 is 0 Å². The molecule has 1 N–H and O–H groups in total. The highest BCUT2D eigenvalue weighted by Gasteiger charge is 2.04. The van der Waals surface area contributed by atoms with E-state index in [-0.39, 0.29) is 0 Å². The Kier molecular flexibility index (Phi) is 6.58. The highest BCUT2D eigenvalue weighted by molar-refractivity contribution is 7.99. The summed E-state index contributed by atoms with van der Waals surface area (Å²) in [5, 5.41) is 4.29. The van der Waals surface area contributed by atoms with Crippen molar-refractivity contribution in [3.8, 4) is 0 Å². The Morgan fingerprint density at radius 3 is 2.50 bits per heavy atom. The predicted octanol–water partition coefficient (Wildman–Crippen LogP) is 3.35. The molecule has 1 nitrogen and oxygen atoms in total. The van der Waals surface area contributed by atoms with Crippen LogP contribution in [0.3, 0.4) is 0 Å². The van der Waals surface area contributed by atoms with Crippen LogP contribution in [0.25, 0.3) is 0 Å². The average Bonchev–Trinajstić information content (AvgIpc) is 2.34. The van der Waals surface area contributed by atoms with E-state index in [1.807, 2.05) is 11.8 Å². The van der Waals surface area contributed by atoms with Crippen LogP contribution in [0, 0.1) is 0 Å². The van der Waals surface area contributed by atoms with Crippen LogP contribution in [0.2, 0.25) is 0 Å². The Labute approximate surface area is 104 Å². The quantitative estimate of drug-likeness (QED) is 0.780. The Hall–Kier alpha value is -0.470. The SMILES string of the molecule is CSC(C)CNC(C)CCc1ccccc1. The lowest BCUT2D eigenvalue weighted by Gasteiger charge is -2.16. The fourth-order valence-corrected chi connectivity index (χ4v) is 1.84. The topological polar surface area (TPSA) is 12.0 Å². The van der Waals surface area contributed by atoms with Crippen molar-refractivity contribution in [1.82, 2.24) is 5.32 Å². The van der Waals surface area contributed by atoms with Crippen molar-refractivity contribution in [3.05, 3.63) is 35.9 Å². The van der Waals surface area contributed by atoms with Crippen molar-refractivity contribution in [3.63, 3.8) is 0 Å². The standard InChI is InChI=1S/C14H23NS/c1-12(15-11-13(2)16-3)9-10-14-7-5-4-6-8-14/h4-8,12-13,15H,9-11H2,1-3H3. The summed E-state index contributed by atoms with van der Waals surface area (Å²) >= 11 is 1.92. The summed E-state index contributed by atoms with van der Waals surface area (Å²) in [4.78, 5) is 0. The Morgan fingerprint density at radius 2 is 1.88 bits per heavy atom. The molecule has 0 spiro atoms. The van der Waals surface area contributed by atoms with Crippen LogP contribution < -0.4 is 5.32 Å². The van der Waals surface area contributed by atoms with E-state index >= 15 is 0 Å². The van der Waals surface area contributed by atoms with Gasteiger partial charge in [-0.1, -0.05) is 37.3 Å². The second-order valence-corrected chi connectivity index (χ2v) is 5.66. The van der Waals surface area contributed by atoms with Crippen molar-refractivity contribution >= 4 is 11.8 Å². The zero-order valence-corrected chi connectivity index (χ0v) is 11.4. The van der Waals surface area contributed by atoms with Gasteiger partial charge in [-0.2, -0.15) is 11.8 Å². The van der Waals surface area contributed by atoms with Crippen LogP contribution in [0.15, 0.2) is 30.3 Å². The first kappa shape index (κ1) is 13.6. The van der Waals surface area contributed by atoms with E-state index in [4.69, 9.17) is 0 Å². The van der Waals surface area contributed by atoms with Crippen LogP contribution in [-0.4, -0.2) is 24.1 Å². The molecule has 0 bridgehead atoms. The molecule has 2 heteroatoms. The molecule has 1 aromatic carbocycles. The summed E-state index contributed by atoms with van der Waals surface area (Å²) in [5.41, 5.74) is 1.44. The summed E-state index contributed by atoms with van der Waals surface area (Å²) in [6, 6.07) is 11.3. The summed E-state index contributed by atoms with van der Waals surface area (Å²) in [6.07, 6.45) is 4.55. The van der Waals surface area contributed by atoms with Crippen molar-refractivity contribution in [2.45, 2.75) is 38.0 Å². The fraction of sp³-hybridized carbons (Fsp3) is 0.571. The molecule has 0 aliphatic carbocycles. The van der Waals surface area contributed by atoms with Gasteiger partial charge in [-0.15, -0.1) is 0 Å². The van der Waals surface area contributed by atoms with Gasteiger partial charge in [0.2, 0.25) is 0 Å². The van der Waals surface area contributed by atoms with Crippen LogP contribution >= 0.6 is 11.8 Å². The molecule has 16 heavy (non-hydrogen) atoms. The Balaban J connectivity index is 2.18. The van der Waals surface area contributed by atoms with Crippen molar-refractivity contribution in [1.29, 1.82) is 0 Å². The first-order valence-corrected chi connectivity index (χ1v) is 7.31. The van der Waals surface area contributed by atoms with Crippen LogP contribution in [0.1, 0.15) is 25.8 Å². The lowest BCUT2D eigenvalue weighted by atomic mass is 10.1. The molecule has 0 saturated carbocycles. The number of nitrogens with one attached hydrogen (secondary N) is 1. The Bertz CT molecular complexity index is 273. The van der Waals surface area contributed by atoms with Crippen LogP contribution in [0.4, 0.5) is 0 Å². The van der Waals surface area contributed by atoms with Gasteiger partial charge in [0, 0.05) is 17.8 Å². The average molecular weight is 237 g/mol. The number of benzene rings is 1. The molecule has 0 aromatic heterocycles. The van der Waals surface area contributed by atoms with Gasteiger partial charge in [-0.25, -0.2) is 0 Å². The fourth-order valence-electron chi connectivity index (χ4n) is 1.58. The number of rotatable bonds is 7. The van der Waals surface area contributed by atoms with Crippen LogP contribution in [-0.2, 0) is 6.42 Å². The van der Waals surface area contributed by atoms with Gasteiger partial charge < -0.3 is 5.32 Å². The van der Waals surface area contributed by atoms with Gasteiger partial charge in [0.15, 0.2) is 0 Å². The van der Waals surface area contributed by atoms with Crippen molar-refractivity contribution in [2.75, 3.05) is 12.8 Å². The largest absolute Gasteiger partial charge is 0.313 e. The summed E-state index contributed by atoms with van der Waals surface area (Å²) < 4.78 is 0. The third-order valence-electron chi connectivity index (χ3n) is 2.86. The molecule has 2 atom stereocenters. The maximum absolute atomic E-state index is 3.58. The van der Waals surface area contributed by atoms with Crippen molar-refractivity contribution in [2.24, 2.45) is 0 Å². The van der Waals surface area contributed by atoms with Crippen LogP contribution in [0.5, 0.6) is 0 Å². The monoisotopic (exact) mass is 237 g/mol. The number of hydrogen-bond acceptors (Lipinski definition) is 2. The molecule has 0 aliphatic heterocycles. The van der Waals surface area contributed by atoms with Gasteiger partial charge >= 0.3 is 0 Å². The zero-order chi connectivity index (χ0) is 11.8. The van der Waals surface area contributed by atoms with Crippen molar-refractivity contribution < 1.29 is 0 Å². The molecule has 0 saturated heterocycles. The molecule has 1 rings (SSSR count). The second-order valence-electron chi connectivity index (χ2n) is 4.38. The first-order valence-electron chi connectivity index (χ1n) is 6.02. The Morgan fingerprint density at radius 1 is 1.19 bits per heavy atom. The maximum Gasteiger partial charge on any atom is 0.0141 e. The molecule has 0 fully saturated rings. The summed E-state index contributed by atoms with van der Waals surface area (Å²) in [7, 11) is 0. The maximum atomic E-state index is 3.58. The minimum Gasteiger partial charge on any atom is -0.313 e. The number of aryl methyl sites for hydroxylation is 1. The molecule has 2 unspecified atom stereocenters. The molecule has 0 aliphatic rings.